The van der Waals surface area contributed by atoms with Gasteiger partial charge in [0.2, 0.25) is 10.0 Å². The van der Waals surface area contributed by atoms with Gasteiger partial charge < -0.3 is 10.2 Å². The van der Waals surface area contributed by atoms with Crippen LogP contribution >= 0.6 is 0 Å². The number of nitrogens with zero attached hydrogens (tertiary/aromatic N) is 1. The minimum absolute atomic E-state index is 0.417. The molecule has 1 heterocycles. The molecule has 2 saturated carbocycles. The molecule has 1 saturated heterocycles. The zero-order chi connectivity index (χ0) is 21.6. The van der Waals surface area contributed by atoms with Gasteiger partial charge >= 0.3 is 0 Å². The van der Waals surface area contributed by atoms with Crippen LogP contribution in [-0.4, -0.2) is 56.8 Å². The first-order chi connectivity index (χ1) is 14.1. The standard InChI is InChI=1S/C24H37N3O2S/c1-5-19(11-18-9-7-6-8-10-18)21-12-22(21)25-20-13-24(14-20)16-27(17-24)15-23(2,3)26-30(4,28)29/h6-11,20-22,25-26H,5,12-17H2,1-4H3/b19-11+/t21-,22+/m1/s1. The molecule has 1 spiro atoms. The Bertz CT molecular complexity index is 880. The first kappa shape index (κ1) is 22.0. The average Bonchev–Trinajstić information content (AvgIpc) is 3.33. The van der Waals surface area contributed by atoms with Crippen LogP contribution in [0.15, 0.2) is 35.9 Å². The van der Waals surface area contributed by atoms with E-state index in [9.17, 15) is 8.42 Å². The van der Waals surface area contributed by atoms with Crippen molar-refractivity contribution >= 4 is 16.1 Å². The van der Waals surface area contributed by atoms with Gasteiger partial charge in [0, 0.05) is 37.3 Å². The molecule has 1 aromatic carbocycles. The lowest BCUT2D eigenvalue weighted by Crippen LogP contribution is -2.68. The molecule has 1 aliphatic heterocycles. The predicted molar refractivity (Wildman–Crippen MR) is 124 cm³/mol. The fourth-order valence-corrected chi connectivity index (χ4v) is 6.86. The summed E-state index contributed by atoms with van der Waals surface area (Å²) in [5, 5.41) is 3.91. The lowest BCUT2D eigenvalue weighted by Gasteiger charge is -2.60. The Labute approximate surface area is 182 Å². The van der Waals surface area contributed by atoms with Gasteiger partial charge in [-0.05, 0) is 56.4 Å². The molecule has 2 aliphatic carbocycles. The van der Waals surface area contributed by atoms with Crippen LogP contribution in [0.2, 0.25) is 0 Å². The van der Waals surface area contributed by atoms with E-state index in [2.05, 4.69) is 58.3 Å². The van der Waals surface area contributed by atoms with E-state index in [0.717, 1.165) is 26.1 Å². The highest BCUT2D eigenvalue weighted by atomic mass is 32.2. The van der Waals surface area contributed by atoms with Gasteiger partial charge in [0.05, 0.1) is 6.26 Å². The summed E-state index contributed by atoms with van der Waals surface area (Å²) in [7, 11) is -3.17. The molecule has 30 heavy (non-hydrogen) atoms. The maximum absolute atomic E-state index is 11.5. The van der Waals surface area contributed by atoms with Gasteiger partial charge in [0.25, 0.3) is 0 Å². The lowest BCUT2D eigenvalue weighted by atomic mass is 9.60. The molecule has 0 bridgehead atoms. The van der Waals surface area contributed by atoms with E-state index in [-0.39, 0.29) is 0 Å². The summed E-state index contributed by atoms with van der Waals surface area (Å²) in [5.74, 6) is 0.701. The van der Waals surface area contributed by atoms with Gasteiger partial charge in [-0.15, -0.1) is 0 Å². The molecule has 5 nitrogen and oxygen atoms in total. The van der Waals surface area contributed by atoms with E-state index in [1.54, 1.807) is 5.57 Å². The van der Waals surface area contributed by atoms with E-state index >= 15 is 0 Å². The number of hydrogen-bond acceptors (Lipinski definition) is 4. The number of nitrogens with one attached hydrogen (secondary N) is 2. The Morgan fingerprint density at radius 1 is 1.23 bits per heavy atom. The topological polar surface area (TPSA) is 61.4 Å². The van der Waals surface area contributed by atoms with Gasteiger partial charge in [-0.25, -0.2) is 13.1 Å². The van der Waals surface area contributed by atoms with E-state index < -0.39 is 15.6 Å². The van der Waals surface area contributed by atoms with Gasteiger partial charge in [-0.3, -0.25) is 0 Å². The molecule has 0 amide bonds. The number of sulfonamides is 1. The van der Waals surface area contributed by atoms with Crippen molar-refractivity contribution < 1.29 is 8.42 Å². The average molecular weight is 432 g/mol. The Kier molecular flexibility index (Phi) is 5.90. The van der Waals surface area contributed by atoms with E-state index in [1.165, 1.54) is 31.1 Å². The van der Waals surface area contributed by atoms with Crippen LogP contribution in [0.3, 0.4) is 0 Å². The molecule has 4 rings (SSSR count). The summed E-state index contributed by atoms with van der Waals surface area (Å²) < 4.78 is 25.8. The van der Waals surface area contributed by atoms with E-state index in [4.69, 9.17) is 0 Å². The van der Waals surface area contributed by atoms with Crippen molar-refractivity contribution in [3.8, 4) is 0 Å². The molecule has 166 valence electrons. The van der Waals surface area contributed by atoms with Crippen molar-refractivity contribution in [3.05, 3.63) is 41.5 Å². The highest BCUT2D eigenvalue weighted by Crippen LogP contribution is 2.50. The molecule has 0 aromatic heterocycles. The fraction of sp³-hybridized carbons (Fsp3) is 0.667. The van der Waals surface area contributed by atoms with Crippen molar-refractivity contribution in [2.75, 3.05) is 25.9 Å². The Morgan fingerprint density at radius 3 is 2.50 bits per heavy atom. The van der Waals surface area contributed by atoms with Crippen LogP contribution in [0.5, 0.6) is 0 Å². The van der Waals surface area contributed by atoms with Crippen molar-refractivity contribution in [1.82, 2.24) is 14.9 Å². The fourth-order valence-electron chi connectivity index (χ4n) is 5.80. The summed E-state index contributed by atoms with van der Waals surface area (Å²) >= 11 is 0. The number of likely N-dealkylation sites (tertiary alicyclic amines) is 1. The van der Waals surface area contributed by atoms with E-state index in [0.29, 0.717) is 23.4 Å². The second kappa shape index (κ2) is 8.05. The van der Waals surface area contributed by atoms with Crippen LogP contribution in [0.25, 0.3) is 6.08 Å². The van der Waals surface area contributed by atoms with Gasteiger partial charge in [0.15, 0.2) is 0 Å². The minimum Gasteiger partial charge on any atom is -0.311 e. The first-order valence-electron chi connectivity index (χ1n) is 11.3. The maximum Gasteiger partial charge on any atom is 0.209 e. The molecule has 3 fully saturated rings. The van der Waals surface area contributed by atoms with Gasteiger partial charge in [-0.2, -0.15) is 0 Å². The monoisotopic (exact) mass is 431 g/mol. The molecule has 2 atom stereocenters. The Morgan fingerprint density at radius 2 is 1.90 bits per heavy atom. The summed E-state index contributed by atoms with van der Waals surface area (Å²) in [6, 6.07) is 12.0. The summed E-state index contributed by atoms with van der Waals surface area (Å²) in [4.78, 5) is 2.39. The second-order valence-corrected chi connectivity index (χ2v) is 12.4. The minimum atomic E-state index is -3.17. The quantitative estimate of drug-likeness (QED) is 0.630. The molecular weight excluding hydrogens is 394 g/mol. The highest BCUT2D eigenvalue weighted by molar-refractivity contribution is 7.88. The van der Waals surface area contributed by atoms with Crippen molar-refractivity contribution in [2.24, 2.45) is 11.3 Å². The lowest BCUT2D eigenvalue weighted by molar-refractivity contribution is -0.0858. The van der Waals surface area contributed by atoms with Crippen molar-refractivity contribution in [2.45, 2.75) is 64.1 Å². The summed E-state index contributed by atoms with van der Waals surface area (Å²) in [6.45, 7) is 9.17. The van der Waals surface area contributed by atoms with Crippen LogP contribution < -0.4 is 10.0 Å². The first-order valence-corrected chi connectivity index (χ1v) is 13.2. The van der Waals surface area contributed by atoms with Crippen LogP contribution in [0.1, 0.15) is 52.0 Å². The predicted octanol–water partition coefficient (Wildman–Crippen LogP) is 3.25. The summed E-state index contributed by atoms with van der Waals surface area (Å²) in [6.07, 6.45) is 8.53. The summed E-state index contributed by atoms with van der Waals surface area (Å²) in [5.41, 5.74) is 2.93. The second-order valence-electron chi connectivity index (χ2n) is 10.6. The number of benzene rings is 1. The number of rotatable bonds is 9. The smallest absolute Gasteiger partial charge is 0.209 e. The molecule has 1 aromatic rings. The van der Waals surface area contributed by atoms with Crippen LogP contribution in [0.4, 0.5) is 0 Å². The number of hydrogen-bond donors (Lipinski definition) is 2. The third-order valence-corrected chi connectivity index (χ3v) is 7.76. The third kappa shape index (κ3) is 5.34. The Hall–Kier alpha value is -1.21. The van der Waals surface area contributed by atoms with Gasteiger partial charge in [0.1, 0.15) is 0 Å². The normalized spacial score (nSPS) is 27.0. The largest absolute Gasteiger partial charge is 0.311 e. The highest BCUT2D eigenvalue weighted by Gasteiger charge is 2.54. The molecule has 2 N–H and O–H groups in total. The zero-order valence-electron chi connectivity index (χ0n) is 18.8. The molecule has 3 aliphatic rings. The van der Waals surface area contributed by atoms with E-state index in [1.807, 2.05) is 13.8 Å². The van der Waals surface area contributed by atoms with Gasteiger partial charge in [-0.1, -0.05) is 48.9 Å². The van der Waals surface area contributed by atoms with Crippen LogP contribution in [-0.2, 0) is 10.0 Å². The van der Waals surface area contributed by atoms with Crippen LogP contribution in [0, 0.1) is 11.3 Å². The maximum atomic E-state index is 11.5. The molecule has 0 radical (unpaired) electrons. The zero-order valence-corrected chi connectivity index (χ0v) is 19.6. The van der Waals surface area contributed by atoms with Crippen molar-refractivity contribution in [1.29, 1.82) is 0 Å². The Balaban J connectivity index is 1.19. The third-order valence-electron chi connectivity index (χ3n) is 6.83. The molecule has 6 heteroatoms. The van der Waals surface area contributed by atoms with Crippen molar-refractivity contribution in [3.63, 3.8) is 0 Å². The molecule has 0 unspecified atom stereocenters. The SMILES string of the molecule is CC/C(=C\c1ccccc1)[C@H]1C[C@@H]1NC1CC2(C1)CN(CC(C)(C)NS(C)(=O)=O)C2. The molecular formula is C24H37N3O2S.